The molecule has 0 fully saturated rings. The lowest BCUT2D eigenvalue weighted by molar-refractivity contribution is -0.138. The van der Waals surface area contributed by atoms with Gasteiger partial charge in [0.1, 0.15) is 11.6 Å². The molecule has 1 atom stereocenters. The van der Waals surface area contributed by atoms with Crippen molar-refractivity contribution in [3.8, 4) is 0 Å². The van der Waals surface area contributed by atoms with Crippen molar-refractivity contribution in [1.29, 1.82) is 0 Å². The third-order valence-corrected chi connectivity index (χ3v) is 7.30. The van der Waals surface area contributed by atoms with E-state index in [9.17, 15) is 9.59 Å². The zero-order valence-electron chi connectivity index (χ0n) is 23.6. The molecule has 0 bridgehead atoms. The fourth-order valence-corrected chi connectivity index (χ4v) is 5.35. The second kappa shape index (κ2) is 13.0. The molecule has 5 rings (SSSR count). The molecule has 11 heteroatoms. The Hall–Kier alpha value is -4.54. The summed E-state index contributed by atoms with van der Waals surface area (Å²) < 4.78 is 13.6. The fourth-order valence-electron chi connectivity index (χ4n) is 5.10. The van der Waals surface area contributed by atoms with E-state index < -0.39 is 17.8 Å². The maximum Gasteiger partial charge on any atom is 0.336 e. The van der Waals surface area contributed by atoms with E-state index in [-0.39, 0.29) is 18.8 Å². The highest BCUT2D eigenvalue weighted by molar-refractivity contribution is 6.31. The molecule has 0 spiro atoms. The maximum absolute atomic E-state index is 13.7. The van der Waals surface area contributed by atoms with Crippen LogP contribution >= 0.6 is 11.6 Å². The Labute approximate surface area is 248 Å². The fraction of sp³-hybridized carbons (Fsp3) is 0.258. The highest BCUT2D eigenvalue weighted by atomic mass is 35.5. The summed E-state index contributed by atoms with van der Waals surface area (Å²) in [6, 6.07) is 14.2. The molecular formula is C31H31ClN6O4. The summed E-state index contributed by atoms with van der Waals surface area (Å²) in [5.74, 6) is -0.556. The summed E-state index contributed by atoms with van der Waals surface area (Å²) in [5.41, 5.74) is 4.02. The number of ether oxygens (including phenoxy) is 2. The van der Waals surface area contributed by atoms with Gasteiger partial charge in [-0.2, -0.15) is 0 Å². The van der Waals surface area contributed by atoms with Crippen molar-refractivity contribution in [3.05, 3.63) is 106 Å². The summed E-state index contributed by atoms with van der Waals surface area (Å²) in [7, 11) is 0. The first-order valence-corrected chi connectivity index (χ1v) is 14.0. The van der Waals surface area contributed by atoms with Crippen molar-refractivity contribution in [2.75, 3.05) is 25.1 Å². The lowest BCUT2D eigenvalue weighted by Crippen LogP contribution is -2.36. The smallest absolute Gasteiger partial charge is 0.336 e. The van der Waals surface area contributed by atoms with Crippen molar-refractivity contribution in [1.82, 2.24) is 24.8 Å². The van der Waals surface area contributed by atoms with E-state index >= 15 is 0 Å². The predicted octanol–water partition coefficient (Wildman–Crippen LogP) is 4.92. The van der Waals surface area contributed by atoms with Gasteiger partial charge in [0.15, 0.2) is 0 Å². The number of nitrogens with zero attached hydrogens (tertiary/aromatic N) is 4. The molecule has 0 saturated carbocycles. The van der Waals surface area contributed by atoms with Crippen LogP contribution in [-0.4, -0.2) is 51.2 Å². The highest BCUT2D eigenvalue weighted by Gasteiger charge is 2.39. The molecule has 0 saturated heterocycles. The summed E-state index contributed by atoms with van der Waals surface area (Å²) >= 11 is 6.67. The number of carbonyl (C=O) groups is 2. The van der Waals surface area contributed by atoms with Crippen LogP contribution in [0.4, 0.5) is 5.82 Å². The number of esters is 1. The number of aryl methyl sites for hydroxylation is 1. The molecule has 4 heterocycles. The number of fused-ring (bicyclic) bond motifs is 1. The SMILES string of the molecule is CCOC(=O)C1=C(COCCn2c(C)nc3ccncc32)NC(C)=C(C(=O)Nc2ccccn2)C1c1ccccc1Cl. The number of hydrogen-bond acceptors (Lipinski definition) is 8. The summed E-state index contributed by atoms with van der Waals surface area (Å²) in [6.07, 6.45) is 5.08. The second-order valence-corrected chi connectivity index (χ2v) is 10.0. The van der Waals surface area contributed by atoms with Crippen LogP contribution in [0.5, 0.6) is 0 Å². The minimum atomic E-state index is -0.813. The number of rotatable bonds is 10. The van der Waals surface area contributed by atoms with Crippen molar-refractivity contribution in [2.24, 2.45) is 0 Å². The van der Waals surface area contributed by atoms with E-state index in [0.717, 1.165) is 16.9 Å². The van der Waals surface area contributed by atoms with Gasteiger partial charge < -0.3 is 24.7 Å². The monoisotopic (exact) mass is 586 g/mol. The van der Waals surface area contributed by atoms with E-state index in [2.05, 4.69) is 25.6 Å². The Morgan fingerprint density at radius 3 is 2.64 bits per heavy atom. The van der Waals surface area contributed by atoms with E-state index in [1.165, 1.54) is 0 Å². The van der Waals surface area contributed by atoms with Gasteiger partial charge in [-0.25, -0.2) is 14.8 Å². The molecule has 3 aromatic heterocycles. The Kier molecular flexibility index (Phi) is 8.94. The molecule has 1 aliphatic rings. The summed E-state index contributed by atoms with van der Waals surface area (Å²) in [6.45, 7) is 6.57. The number of nitrogens with one attached hydrogen (secondary N) is 2. The molecule has 4 aromatic rings. The number of pyridine rings is 2. The number of benzene rings is 1. The summed E-state index contributed by atoms with van der Waals surface area (Å²) in [5, 5.41) is 6.52. The largest absolute Gasteiger partial charge is 0.463 e. The van der Waals surface area contributed by atoms with Gasteiger partial charge in [0.05, 0.1) is 54.2 Å². The Balaban J connectivity index is 1.47. The van der Waals surface area contributed by atoms with Crippen LogP contribution in [0.25, 0.3) is 11.0 Å². The van der Waals surface area contributed by atoms with Gasteiger partial charge >= 0.3 is 5.97 Å². The van der Waals surface area contributed by atoms with Crippen LogP contribution in [0.15, 0.2) is 89.7 Å². The Morgan fingerprint density at radius 1 is 1.07 bits per heavy atom. The van der Waals surface area contributed by atoms with Gasteiger partial charge in [0, 0.05) is 35.2 Å². The average Bonchev–Trinajstić information content (AvgIpc) is 3.30. The molecule has 1 unspecified atom stereocenters. The van der Waals surface area contributed by atoms with E-state index in [4.69, 9.17) is 21.1 Å². The standard InChI is InChI=1S/C31H31ClN6O4/c1-4-42-31(40)29-24(18-41-16-15-38-20(3)36-23-12-14-33-17-25(23)38)35-19(2)27(28(29)21-9-5-6-10-22(21)32)30(39)37-26-11-7-8-13-34-26/h5-14,17,28,35H,4,15-16,18H2,1-3H3,(H,34,37,39). The van der Waals surface area contributed by atoms with Gasteiger partial charge in [-0.15, -0.1) is 0 Å². The van der Waals surface area contributed by atoms with Crippen LogP contribution < -0.4 is 10.6 Å². The van der Waals surface area contributed by atoms with Crippen molar-refractivity contribution in [3.63, 3.8) is 0 Å². The third kappa shape index (κ3) is 6.05. The van der Waals surface area contributed by atoms with Gasteiger partial charge in [-0.05, 0) is 50.6 Å². The topological polar surface area (TPSA) is 120 Å². The van der Waals surface area contributed by atoms with E-state index in [1.807, 2.05) is 23.6 Å². The number of imidazole rings is 1. The van der Waals surface area contributed by atoms with Crippen molar-refractivity contribution < 1.29 is 19.1 Å². The highest BCUT2D eigenvalue weighted by Crippen LogP contribution is 2.42. The Bertz CT molecular complexity index is 1680. The second-order valence-electron chi connectivity index (χ2n) is 9.63. The average molecular weight is 587 g/mol. The van der Waals surface area contributed by atoms with E-state index in [1.54, 1.807) is 68.8 Å². The zero-order valence-corrected chi connectivity index (χ0v) is 24.3. The molecule has 216 valence electrons. The van der Waals surface area contributed by atoms with Gasteiger partial charge in [-0.1, -0.05) is 35.9 Å². The maximum atomic E-state index is 13.7. The number of allylic oxidation sites excluding steroid dienone is 1. The summed E-state index contributed by atoms with van der Waals surface area (Å²) in [4.78, 5) is 40.3. The lowest BCUT2D eigenvalue weighted by atomic mass is 9.79. The van der Waals surface area contributed by atoms with Crippen molar-refractivity contribution >= 4 is 40.3 Å². The van der Waals surface area contributed by atoms with Crippen LogP contribution in [-0.2, 0) is 25.6 Å². The lowest BCUT2D eigenvalue weighted by Gasteiger charge is -2.32. The van der Waals surface area contributed by atoms with Gasteiger partial charge in [-0.3, -0.25) is 9.78 Å². The number of halogens is 1. The minimum absolute atomic E-state index is 0.0749. The molecule has 10 nitrogen and oxygen atoms in total. The first kappa shape index (κ1) is 29.0. The molecule has 42 heavy (non-hydrogen) atoms. The number of anilines is 1. The number of hydrogen-bond donors (Lipinski definition) is 2. The molecule has 1 aliphatic heterocycles. The predicted molar refractivity (Wildman–Crippen MR) is 160 cm³/mol. The number of amides is 1. The minimum Gasteiger partial charge on any atom is -0.463 e. The molecule has 0 radical (unpaired) electrons. The first-order valence-electron chi connectivity index (χ1n) is 13.6. The number of aromatic nitrogens is 4. The van der Waals surface area contributed by atoms with Crippen LogP contribution in [0.1, 0.15) is 31.2 Å². The normalized spacial score (nSPS) is 15.1. The first-order chi connectivity index (χ1) is 20.4. The van der Waals surface area contributed by atoms with Crippen molar-refractivity contribution in [2.45, 2.75) is 33.2 Å². The number of dihydropyridines is 1. The molecule has 1 amide bonds. The third-order valence-electron chi connectivity index (χ3n) is 6.95. The van der Waals surface area contributed by atoms with Gasteiger partial charge in [0.2, 0.25) is 0 Å². The van der Waals surface area contributed by atoms with E-state index in [0.29, 0.717) is 46.5 Å². The molecular weight excluding hydrogens is 556 g/mol. The van der Waals surface area contributed by atoms with Crippen LogP contribution in [0, 0.1) is 6.92 Å². The van der Waals surface area contributed by atoms with Gasteiger partial charge in [0.25, 0.3) is 5.91 Å². The Morgan fingerprint density at radius 2 is 1.88 bits per heavy atom. The van der Waals surface area contributed by atoms with Crippen LogP contribution in [0.3, 0.4) is 0 Å². The molecule has 2 N–H and O–H groups in total. The number of carbonyl (C=O) groups excluding carboxylic acids is 2. The zero-order chi connectivity index (χ0) is 29.6. The molecule has 1 aromatic carbocycles. The quantitative estimate of drug-likeness (QED) is 0.198. The molecule has 0 aliphatic carbocycles. The van der Waals surface area contributed by atoms with Crippen LogP contribution in [0.2, 0.25) is 5.02 Å².